The molecule has 2 amide bonds. The maximum atomic E-state index is 13.5. The van der Waals surface area contributed by atoms with Gasteiger partial charge in [-0.15, -0.1) is 11.3 Å². The van der Waals surface area contributed by atoms with Gasteiger partial charge in [0.15, 0.2) is 0 Å². The van der Waals surface area contributed by atoms with E-state index in [-0.39, 0.29) is 17.7 Å². The van der Waals surface area contributed by atoms with E-state index in [1.54, 1.807) is 24.3 Å². The van der Waals surface area contributed by atoms with E-state index >= 15 is 0 Å². The molecule has 0 N–H and O–H groups in total. The van der Waals surface area contributed by atoms with Crippen molar-refractivity contribution >= 4 is 23.2 Å². The average Bonchev–Trinajstić information content (AvgIpc) is 3.74. The lowest BCUT2D eigenvalue weighted by Crippen LogP contribution is -2.46. The molecule has 0 atom stereocenters. The third kappa shape index (κ3) is 6.10. The van der Waals surface area contributed by atoms with E-state index in [2.05, 4.69) is 4.90 Å². The Morgan fingerprint density at radius 3 is 2.07 bits per heavy atom. The number of hydrogen-bond acceptors (Lipinski definition) is 5. The zero-order valence-corrected chi connectivity index (χ0v) is 24.3. The summed E-state index contributed by atoms with van der Waals surface area (Å²) in [7, 11) is 0. The summed E-state index contributed by atoms with van der Waals surface area (Å²) in [6.45, 7) is 5.03. The zero-order chi connectivity index (χ0) is 29.3. The minimum atomic E-state index is -4.41. The Morgan fingerprint density at radius 2 is 1.40 bits per heavy atom. The van der Waals surface area contributed by atoms with Gasteiger partial charge in [0.25, 0.3) is 11.8 Å². The second-order valence-electron chi connectivity index (χ2n) is 11.5. The van der Waals surface area contributed by atoms with Crippen molar-refractivity contribution in [1.82, 2.24) is 19.7 Å². The normalized spacial score (nSPS) is 19.4. The number of carbonyl (C=O) groups is 2. The number of alkyl halides is 3. The smallest absolute Gasteiger partial charge is 0.339 e. The molecule has 0 saturated carbocycles. The summed E-state index contributed by atoms with van der Waals surface area (Å²) in [5.74, 6) is 0.0767. The molecule has 222 valence electrons. The molecule has 3 aromatic rings. The Bertz CT molecular complexity index is 1400. The van der Waals surface area contributed by atoms with Crippen LogP contribution in [-0.2, 0) is 6.18 Å². The number of amides is 2. The van der Waals surface area contributed by atoms with Gasteiger partial charge in [0.05, 0.1) is 10.6 Å². The summed E-state index contributed by atoms with van der Waals surface area (Å²) in [5, 5.41) is 2.82. The molecule has 0 aliphatic carbocycles. The molecule has 0 unspecified atom stereocenters. The van der Waals surface area contributed by atoms with E-state index < -0.39 is 11.7 Å². The van der Waals surface area contributed by atoms with Crippen molar-refractivity contribution in [3.8, 4) is 11.1 Å². The highest BCUT2D eigenvalue weighted by molar-refractivity contribution is 7.09. The topological polar surface area (TPSA) is 56.8 Å². The van der Waals surface area contributed by atoms with Crippen LogP contribution in [0.3, 0.4) is 0 Å². The van der Waals surface area contributed by atoms with Crippen LogP contribution in [0, 0.1) is 0 Å². The Labute approximate surface area is 248 Å². The van der Waals surface area contributed by atoms with Crippen LogP contribution in [0.15, 0.2) is 53.9 Å². The molecule has 2 aromatic carbocycles. The lowest BCUT2D eigenvalue weighted by molar-refractivity contribution is -0.137. The quantitative estimate of drug-likeness (QED) is 0.335. The van der Waals surface area contributed by atoms with Crippen LogP contribution < -0.4 is 0 Å². The van der Waals surface area contributed by atoms with Crippen LogP contribution >= 0.6 is 11.3 Å². The van der Waals surface area contributed by atoms with E-state index in [0.29, 0.717) is 41.5 Å². The third-order valence-corrected chi connectivity index (χ3v) is 9.97. The second-order valence-corrected chi connectivity index (χ2v) is 12.4. The largest absolute Gasteiger partial charge is 0.416 e. The first-order valence-corrected chi connectivity index (χ1v) is 15.7. The number of thiazole rings is 1. The lowest BCUT2D eigenvalue weighted by Gasteiger charge is -2.36. The van der Waals surface area contributed by atoms with Gasteiger partial charge in [-0.05, 0) is 80.9 Å². The van der Waals surface area contributed by atoms with Crippen LogP contribution in [-0.4, -0.2) is 76.8 Å². The zero-order valence-electron chi connectivity index (χ0n) is 23.5. The Balaban J connectivity index is 1.05. The van der Waals surface area contributed by atoms with Crippen LogP contribution in [0.2, 0.25) is 0 Å². The van der Waals surface area contributed by atoms with Crippen molar-refractivity contribution in [2.75, 3.05) is 39.3 Å². The monoisotopic (exact) mass is 596 g/mol. The molecule has 3 aliphatic rings. The Morgan fingerprint density at radius 1 is 0.786 bits per heavy atom. The van der Waals surface area contributed by atoms with Crippen molar-refractivity contribution in [2.24, 2.45) is 0 Å². The molecule has 1 aromatic heterocycles. The molecule has 3 fully saturated rings. The number of rotatable bonds is 5. The summed E-state index contributed by atoms with van der Waals surface area (Å²) >= 11 is 1.53. The highest BCUT2D eigenvalue weighted by Gasteiger charge is 2.32. The number of nitrogens with zero attached hydrogens (tertiary/aromatic N) is 4. The van der Waals surface area contributed by atoms with Crippen molar-refractivity contribution in [3.05, 3.63) is 75.7 Å². The fraction of sp³-hybridized carbons (Fsp3) is 0.469. The fourth-order valence-electron chi connectivity index (χ4n) is 6.54. The van der Waals surface area contributed by atoms with E-state index in [9.17, 15) is 22.8 Å². The number of benzene rings is 2. The molecular weight excluding hydrogens is 561 g/mol. The minimum Gasteiger partial charge on any atom is -0.339 e. The van der Waals surface area contributed by atoms with Gasteiger partial charge in [-0.2, -0.15) is 13.2 Å². The van der Waals surface area contributed by atoms with Gasteiger partial charge >= 0.3 is 6.18 Å². The van der Waals surface area contributed by atoms with E-state index in [1.807, 2.05) is 15.2 Å². The summed E-state index contributed by atoms with van der Waals surface area (Å²) in [6.07, 6.45) is 1.70. The maximum absolute atomic E-state index is 13.5. The first-order valence-electron chi connectivity index (χ1n) is 14.8. The molecule has 0 radical (unpaired) electrons. The lowest BCUT2D eigenvalue weighted by atomic mass is 9.94. The molecule has 6 nitrogen and oxygen atoms in total. The van der Waals surface area contributed by atoms with Gasteiger partial charge in [-0.25, -0.2) is 4.98 Å². The summed E-state index contributed by atoms with van der Waals surface area (Å²) in [6, 6.07) is 12.6. The molecule has 3 aliphatic heterocycles. The molecule has 3 saturated heterocycles. The number of carbonyl (C=O) groups excluding carboxylic acids is 2. The molecule has 10 heteroatoms. The maximum Gasteiger partial charge on any atom is 0.416 e. The van der Waals surface area contributed by atoms with Gasteiger partial charge in [0, 0.05) is 49.1 Å². The highest BCUT2D eigenvalue weighted by Crippen LogP contribution is 2.34. The van der Waals surface area contributed by atoms with Crippen molar-refractivity contribution in [3.63, 3.8) is 0 Å². The van der Waals surface area contributed by atoms with E-state index in [1.165, 1.54) is 49.4 Å². The first-order chi connectivity index (χ1) is 20.3. The van der Waals surface area contributed by atoms with Crippen LogP contribution in [0.4, 0.5) is 13.2 Å². The van der Waals surface area contributed by atoms with Crippen LogP contribution in [0.5, 0.6) is 0 Å². The SMILES string of the molecule is O=C(c1csc(C2CCN(C(=O)c3ccccc3-c3ccc(C(F)(F)F)cc3)CC2)n1)N1CCC(N2CCCC2)CC1. The Kier molecular flexibility index (Phi) is 8.36. The summed E-state index contributed by atoms with van der Waals surface area (Å²) in [5.41, 5.74) is 1.48. The van der Waals surface area contributed by atoms with E-state index in [0.717, 1.165) is 55.9 Å². The fourth-order valence-corrected chi connectivity index (χ4v) is 7.50. The Hall–Kier alpha value is -3.24. The van der Waals surface area contributed by atoms with E-state index in [4.69, 9.17) is 4.98 Å². The summed E-state index contributed by atoms with van der Waals surface area (Å²) < 4.78 is 39.1. The second kappa shape index (κ2) is 12.2. The van der Waals surface area contributed by atoms with Crippen molar-refractivity contribution in [1.29, 1.82) is 0 Å². The van der Waals surface area contributed by atoms with Gasteiger partial charge < -0.3 is 14.7 Å². The predicted octanol–water partition coefficient (Wildman–Crippen LogP) is 6.55. The molecule has 0 bridgehead atoms. The number of aromatic nitrogens is 1. The van der Waals surface area contributed by atoms with Gasteiger partial charge in [0.2, 0.25) is 0 Å². The number of hydrogen-bond donors (Lipinski definition) is 0. The number of halogens is 3. The van der Waals surface area contributed by atoms with Gasteiger partial charge in [0.1, 0.15) is 5.69 Å². The molecule has 4 heterocycles. The predicted molar refractivity (Wildman–Crippen MR) is 157 cm³/mol. The van der Waals surface area contributed by atoms with Crippen molar-refractivity contribution < 1.29 is 22.8 Å². The summed E-state index contributed by atoms with van der Waals surface area (Å²) in [4.78, 5) is 37.8. The highest BCUT2D eigenvalue weighted by atomic mass is 32.1. The first kappa shape index (κ1) is 28.9. The third-order valence-electron chi connectivity index (χ3n) is 8.96. The van der Waals surface area contributed by atoms with Crippen LogP contribution in [0.1, 0.15) is 75.9 Å². The molecule has 6 rings (SSSR count). The standard InChI is InChI=1S/C32H35F3N4O2S/c33-32(34,35)24-9-7-22(8-10-24)26-5-1-2-6-27(26)30(40)38-17-11-23(12-18-38)29-36-28(21-42-29)31(41)39-19-13-25(14-20-39)37-15-3-4-16-37/h1-2,5-10,21,23,25H,3-4,11-20H2. The van der Waals surface area contributed by atoms with Crippen molar-refractivity contribution in [2.45, 2.75) is 56.7 Å². The number of likely N-dealkylation sites (tertiary alicyclic amines) is 3. The van der Waals surface area contributed by atoms with Gasteiger partial charge in [-0.1, -0.05) is 30.3 Å². The number of piperidine rings is 2. The molecule has 0 spiro atoms. The molecular formula is C32H35F3N4O2S. The van der Waals surface area contributed by atoms with Gasteiger partial charge in [-0.3, -0.25) is 9.59 Å². The minimum absolute atomic E-state index is 0.0184. The average molecular weight is 597 g/mol. The molecule has 42 heavy (non-hydrogen) atoms. The van der Waals surface area contributed by atoms with Crippen LogP contribution in [0.25, 0.3) is 11.1 Å².